The van der Waals surface area contributed by atoms with Crippen molar-refractivity contribution in [1.82, 2.24) is 9.88 Å². The molecule has 1 fully saturated rings. The van der Waals surface area contributed by atoms with Gasteiger partial charge >= 0.3 is 0 Å². The second kappa shape index (κ2) is 9.02. The van der Waals surface area contributed by atoms with E-state index in [0.29, 0.717) is 12.6 Å². The fourth-order valence-corrected chi connectivity index (χ4v) is 3.98. The molecule has 1 amide bonds. The van der Waals surface area contributed by atoms with Crippen molar-refractivity contribution in [2.75, 3.05) is 26.0 Å². The standard InChI is InChI=1S/C20H24N2O2S/c1-22(13-11-16-7-4-5-12-21-16)20(23)18-9-2-3-10-19(18)25-15-17-8-6-14-24-17/h2-5,7,9-10,12,17H,6,8,11,13-15H2,1H3. The first kappa shape index (κ1) is 18.0. The van der Waals surface area contributed by atoms with Gasteiger partial charge in [0.2, 0.25) is 0 Å². The molecule has 1 saturated heterocycles. The normalized spacial score (nSPS) is 16.8. The van der Waals surface area contributed by atoms with Gasteiger partial charge in [0.1, 0.15) is 0 Å². The molecule has 1 aromatic carbocycles. The van der Waals surface area contributed by atoms with Gasteiger partial charge < -0.3 is 9.64 Å². The fraction of sp³-hybridized carbons (Fsp3) is 0.400. The second-order valence-corrected chi connectivity index (χ2v) is 7.30. The van der Waals surface area contributed by atoms with Gasteiger partial charge in [-0.2, -0.15) is 0 Å². The highest BCUT2D eigenvalue weighted by Gasteiger charge is 2.19. The van der Waals surface area contributed by atoms with Gasteiger partial charge in [0.25, 0.3) is 5.91 Å². The molecule has 1 aliphatic heterocycles. The molecular weight excluding hydrogens is 332 g/mol. The van der Waals surface area contributed by atoms with E-state index in [1.54, 1.807) is 22.9 Å². The van der Waals surface area contributed by atoms with Crippen molar-refractivity contribution in [2.24, 2.45) is 0 Å². The zero-order valence-electron chi connectivity index (χ0n) is 14.6. The lowest BCUT2D eigenvalue weighted by Gasteiger charge is -2.19. The van der Waals surface area contributed by atoms with E-state index in [-0.39, 0.29) is 5.91 Å². The number of likely N-dealkylation sites (N-methyl/N-ethyl adjacent to an activating group) is 1. The highest BCUT2D eigenvalue weighted by molar-refractivity contribution is 7.99. The molecule has 0 saturated carbocycles. The number of benzene rings is 1. The van der Waals surface area contributed by atoms with Gasteiger partial charge in [0, 0.05) is 49.2 Å². The number of thioether (sulfide) groups is 1. The van der Waals surface area contributed by atoms with E-state index < -0.39 is 0 Å². The van der Waals surface area contributed by atoms with Gasteiger partial charge in [-0.15, -0.1) is 11.8 Å². The Hall–Kier alpha value is -1.85. The van der Waals surface area contributed by atoms with Gasteiger partial charge in [-0.3, -0.25) is 9.78 Å². The molecule has 0 spiro atoms. The number of rotatable bonds is 7. The predicted molar refractivity (Wildman–Crippen MR) is 101 cm³/mol. The number of carbonyl (C=O) groups excluding carboxylic acids is 1. The van der Waals surface area contributed by atoms with Gasteiger partial charge in [0.15, 0.2) is 0 Å². The maximum atomic E-state index is 12.8. The van der Waals surface area contributed by atoms with Gasteiger partial charge in [-0.25, -0.2) is 0 Å². The number of carbonyl (C=O) groups is 1. The van der Waals surface area contributed by atoms with Crippen molar-refractivity contribution in [1.29, 1.82) is 0 Å². The molecule has 1 aromatic heterocycles. The summed E-state index contributed by atoms with van der Waals surface area (Å²) in [6.07, 6.45) is 5.12. The number of aromatic nitrogens is 1. The summed E-state index contributed by atoms with van der Waals surface area (Å²) < 4.78 is 5.69. The molecule has 2 aromatic rings. The highest BCUT2D eigenvalue weighted by Crippen LogP contribution is 2.27. The maximum Gasteiger partial charge on any atom is 0.254 e. The lowest BCUT2D eigenvalue weighted by Crippen LogP contribution is -2.29. The van der Waals surface area contributed by atoms with E-state index in [4.69, 9.17) is 4.74 Å². The monoisotopic (exact) mass is 356 g/mol. The lowest BCUT2D eigenvalue weighted by atomic mass is 10.2. The number of amides is 1. The van der Waals surface area contributed by atoms with Crippen molar-refractivity contribution in [3.8, 4) is 0 Å². The first-order valence-corrected chi connectivity index (χ1v) is 9.71. The number of ether oxygens (including phenoxy) is 1. The van der Waals surface area contributed by atoms with Crippen molar-refractivity contribution < 1.29 is 9.53 Å². The third-order valence-corrected chi connectivity index (χ3v) is 5.55. The summed E-state index contributed by atoms with van der Waals surface area (Å²) in [5.74, 6) is 0.966. The Morgan fingerprint density at radius 3 is 2.88 bits per heavy atom. The second-order valence-electron chi connectivity index (χ2n) is 6.24. The quantitative estimate of drug-likeness (QED) is 0.710. The van der Waals surface area contributed by atoms with Crippen molar-refractivity contribution in [3.05, 3.63) is 59.9 Å². The van der Waals surface area contributed by atoms with Gasteiger partial charge in [-0.05, 0) is 37.1 Å². The molecule has 0 bridgehead atoms. The minimum Gasteiger partial charge on any atom is -0.377 e. The first-order valence-electron chi connectivity index (χ1n) is 8.73. The zero-order chi connectivity index (χ0) is 17.5. The summed E-state index contributed by atoms with van der Waals surface area (Å²) in [5.41, 5.74) is 1.78. The summed E-state index contributed by atoms with van der Waals surface area (Å²) in [4.78, 5) is 20.0. The molecule has 0 aliphatic carbocycles. The largest absolute Gasteiger partial charge is 0.377 e. The van der Waals surface area contributed by atoms with E-state index in [9.17, 15) is 4.79 Å². The molecule has 0 radical (unpaired) electrons. The molecular formula is C20H24N2O2S. The van der Waals surface area contributed by atoms with Gasteiger partial charge in [0.05, 0.1) is 11.7 Å². The summed E-state index contributed by atoms with van der Waals surface area (Å²) in [5, 5.41) is 0. The topological polar surface area (TPSA) is 42.4 Å². The third kappa shape index (κ3) is 5.06. The maximum absolute atomic E-state index is 12.8. The first-order chi connectivity index (χ1) is 12.2. The molecule has 5 heteroatoms. The van der Waals surface area contributed by atoms with Crippen LogP contribution in [0.25, 0.3) is 0 Å². The molecule has 1 atom stereocenters. The molecule has 132 valence electrons. The minimum atomic E-state index is 0.0615. The van der Waals surface area contributed by atoms with Crippen LogP contribution in [0.4, 0.5) is 0 Å². The molecule has 25 heavy (non-hydrogen) atoms. The average Bonchev–Trinajstić information content (AvgIpc) is 3.18. The van der Waals surface area contributed by atoms with Crippen LogP contribution in [0.1, 0.15) is 28.9 Å². The van der Waals surface area contributed by atoms with Gasteiger partial charge in [-0.1, -0.05) is 18.2 Å². The van der Waals surface area contributed by atoms with Crippen molar-refractivity contribution in [2.45, 2.75) is 30.3 Å². The van der Waals surface area contributed by atoms with E-state index in [2.05, 4.69) is 4.98 Å². The molecule has 1 aliphatic rings. The minimum absolute atomic E-state index is 0.0615. The fourth-order valence-electron chi connectivity index (χ4n) is 2.86. The summed E-state index contributed by atoms with van der Waals surface area (Å²) in [6.45, 7) is 1.52. The summed E-state index contributed by atoms with van der Waals surface area (Å²) >= 11 is 1.72. The average molecular weight is 356 g/mol. The van der Waals surface area contributed by atoms with Crippen LogP contribution < -0.4 is 0 Å². The number of hydrogen-bond acceptors (Lipinski definition) is 4. The Morgan fingerprint density at radius 1 is 1.28 bits per heavy atom. The van der Waals surface area contributed by atoms with E-state index in [0.717, 1.165) is 47.8 Å². The van der Waals surface area contributed by atoms with Crippen LogP contribution in [0.15, 0.2) is 53.6 Å². The Balaban J connectivity index is 1.60. The third-order valence-electron chi connectivity index (χ3n) is 4.34. The van der Waals surface area contributed by atoms with E-state index >= 15 is 0 Å². The summed E-state index contributed by atoms with van der Waals surface area (Å²) in [6, 6.07) is 13.7. The Morgan fingerprint density at radius 2 is 2.12 bits per heavy atom. The smallest absolute Gasteiger partial charge is 0.254 e. The van der Waals surface area contributed by atoms with Crippen LogP contribution in [0.3, 0.4) is 0 Å². The van der Waals surface area contributed by atoms with Crippen LogP contribution in [-0.4, -0.2) is 47.8 Å². The van der Waals surface area contributed by atoms with Crippen LogP contribution in [-0.2, 0) is 11.2 Å². The number of hydrogen-bond donors (Lipinski definition) is 0. The van der Waals surface area contributed by atoms with Crippen LogP contribution in [0, 0.1) is 0 Å². The number of pyridine rings is 1. The molecule has 2 heterocycles. The molecule has 1 unspecified atom stereocenters. The SMILES string of the molecule is CN(CCc1ccccn1)C(=O)c1ccccc1SCC1CCCO1. The van der Waals surface area contributed by atoms with E-state index in [1.165, 1.54) is 0 Å². The van der Waals surface area contributed by atoms with Crippen LogP contribution in [0.5, 0.6) is 0 Å². The summed E-state index contributed by atoms with van der Waals surface area (Å²) in [7, 11) is 1.85. The van der Waals surface area contributed by atoms with Crippen molar-refractivity contribution in [3.63, 3.8) is 0 Å². The predicted octanol–water partition coefficient (Wildman–Crippen LogP) is 3.67. The van der Waals surface area contributed by atoms with Crippen molar-refractivity contribution >= 4 is 17.7 Å². The lowest BCUT2D eigenvalue weighted by molar-refractivity contribution is 0.0793. The Kier molecular flexibility index (Phi) is 6.48. The van der Waals surface area contributed by atoms with Crippen LogP contribution in [0.2, 0.25) is 0 Å². The van der Waals surface area contributed by atoms with Crippen LogP contribution >= 0.6 is 11.8 Å². The molecule has 0 N–H and O–H groups in total. The Labute approximate surface area is 153 Å². The molecule has 3 rings (SSSR count). The Bertz CT molecular complexity index is 687. The molecule has 4 nitrogen and oxygen atoms in total. The van der Waals surface area contributed by atoms with E-state index in [1.807, 2.05) is 49.5 Å². The number of nitrogens with zero attached hydrogens (tertiary/aromatic N) is 2. The highest BCUT2D eigenvalue weighted by atomic mass is 32.2. The zero-order valence-corrected chi connectivity index (χ0v) is 15.4.